The molecule has 0 amide bonds. The Morgan fingerprint density at radius 1 is 1.11 bits per heavy atom. The molecule has 1 aromatic carbocycles. The summed E-state index contributed by atoms with van der Waals surface area (Å²) in [5, 5.41) is 13.7. The van der Waals surface area contributed by atoms with Crippen molar-refractivity contribution in [3.63, 3.8) is 0 Å². The highest BCUT2D eigenvalue weighted by molar-refractivity contribution is 5.62. The highest BCUT2D eigenvalue weighted by atomic mass is 19.1. The number of nitrogens with one attached hydrogen (secondary N) is 2. The number of alkyl halides is 1. The average Bonchev–Trinajstić information content (AvgIpc) is 3.55. The first-order valence-electron chi connectivity index (χ1n) is 12.9. The molecule has 4 heterocycles. The number of tetrazole rings is 1. The third kappa shape index (κ3) is 4.52. The second kappa shape index (κ2) is 9.07. The standard InChI is InChI=1S/C25H30F3N9O/c1-25(2)10-15(7-16-6-14(26)12-36(16)25)30-22-19(28)11-29-23(32-22)31-20-9-21(37-24(38)35(3)33-34-37)17(8-18(20)27)13-4-5-13/h8-9,11,13-16H,4-7,10,12H2,1-3H3,(H2,29,30,31,32)/t14-,15+,16+/m1/s1. The number of anilines is 3. The van der Waals surface area contributed by atoms with Gasteiger partial charge in [-0.2, -0.15) is 14.3 Å². The van der Waals surface area contributed by atoms with Crippen LogP contribution < -0.4 is 16.3 Å². The first-order chi connectivity index (χ1) is 18.1. The van der Waals surface area contributed by atoms with Crippen molar-refractivity contribution in [2.45, 2.75) is 75.7 Å². The van der Waals surface area contributed by atoms with Gasteiger partial charge in [0, 0.05) is 31.2 Å². The van der Waals surface area contributed by atoms with Gasteiger partial charge in [-0.25, -0.2) is 22.9 Å². The van der Waals surface area contributed by atoms with Gasteiger partial charge < -0.3 is 10.6 Å². The van der Waals surface area contributed by atoms with E-state index >= 15 is 4.39 Å². The van der Waals surface area contributed by atoms with Crippen LogP contribution in [0.4, 0.5) is 30.6 Å². The number of piperidine rings is 1. The zero-order valence-electron chi connectivity index (χ0n) is 21.5. The van der Waals surface area contributed by atoms with Crippen molar-refractivity contribution >= 4 is 17.5 Å². The van der Waals surface area contributed by atoms with Crippen molar-refractivity contribution in [1.82, 2.24) is 34.7 Å². The summed E-state index contributed by atoms with van der Waals surface area (Å²) >= 11 is 0. The predicted molar refractivity (Wildman–Crippen MR) is 135 cm³/mol. The lowest BCUT2D eigenvalue weighted by molar-refractivity contribution is 0.0475. The van der Waals surface area contributed by atoms with Crippen molar-refractivity contribution in [1.29, 1.82) is 0 Å². The van der Waals surface area contributed by atoms with E-state index in [-0.39, 0.29) is 41.0 Å². The maximum Gasteiger partial charge on any atom is 0.368 e. The zero-order chi connectivity index (χ0) is 26.8. The summed E-state index contributed by atoms with van der Waals surface area (Å²) in [4.78, 5) is 23.0. The number of rotatable bonds is 6. The second-order valence-electron chi connectivity index (χ2n) is 11.2. The third-order valence-corrected chi connectivity index (χ3v) is 7.86. The molecule has 2 aromatic heterocycles. The Morgan fingerprint density at radius 2 is 1.89 bits per heavy atom. The molecule has 3 fully saturated rings. The fraction of sp³-hybridized carbons (Fsp3) is 0.560. The van der Waals surface area contributed by atoms with E-state index in [0.717, 1.165) is 28.4 Å². The Labute approximate surface area is 217 Å². The van der Waals surface area contributed by atoms with Crippen LogP contribution >= 0.6 is 0 Å². The fourth-order valence-corrected chi connectivity index (χ4v) is 5.95. The second-order valence-corrected chi connectivity index (χ2v) is 11.2. The zero-order valence-corrected chi connectivity index (χ0v) is 21.5. The number of hydrogen-bond donors (Lipinski definition) is 2. The molecule has 2 aliphatic heterocycles. The Morgan fingerprint density at radius 3 is 2.61 bits per heavy atom. The van der Waals surface area contributed by atoms with Crippen LogP contribution in [0.3, 0.4) is 0 Å². The minimum absolute atomic E-state index is 0.00748. The van der Waals surface area contributed by atoms with Gasteiger partial charge in [0.15, 0.2) is 11.6 Å². The molecule has 6 rings (SSSR count). The molecule has 3 atom stereocenters. The number of aromatic nitrogens is 6. The maximum atomic E-state index is 15.1. The average molecular weight is 530 g/mol. The highest BCUT2D eigenvalue weighted by Gasteiger charge is 2.46. The van der Waals surface area contributed by atoms with Gasteiger partial charge in [-0.1, -0.05) is 0 Å². The molecule has 2 saturated heterocycles. The lowest BCUT2D eigenvalue weighted by atomic mass is 9.84. The van der Waals surface area contributed by atoms with E-state index in [1.54, 1.807) is 0 Å². The monoisotopic (exact) mass is 529 g/mol. The van der Waals surface area contributed by atoms with E-state index in [2.05, 4.69) is 49.8 Å². The van der Waals surface area contributed by atoms with E-state index in [0.29, 0.717) is 37.1 Å². The molecule has 0 unspecified atom stereocenters. The van der Waals surface area contributed by atoms with E-state index in [1.807, 2.05) is 0 Å². The Bertz CT molecular complexity index is 1430. The van der Waals surface area contributed by atoms with E-state index in [1.165, 1.54) is 19.2 Å². The molecule has 10 nitrogen and oxygen atoms in total. The molecule has 0 radical (unpaired) electrons. The molecule has 202 valence electrons. The van der Waals surface area contributed by atoms with Crippen molar-refractivity contribution in [3.8, 4) is 5.69 Å². The number of fused-ring (bicyclic) bond motifs is 1. The van der Waals surface area contributed by atoms with Gasteiger partial charge >= 0.3 is 5.69 Å². The van der Waals surface area contributed by atoms with Crippen LogP contribution in [-0.2, 0) is 7.05 Å². The number of aryl methyl sites for hydroxylation is 1. The van der Waals surface area contributed by atoms with Crippen molar-refractivity contribution in [2.75, 3.05) is 17.2 Å². The summed E-state index contributed by atoms with van der Waals surface area (Å²) in [6.07, 6.45) is 3.79. The topological polar surface area (TPSA) is 106 Å². The molecule has 0 bridgehead atoms. The first kappa shape index (κ1) is 24.8. The molecule has 38 heavy (non-hydrogen) atoms. The van der Waals surface area contributed by atoms with Gasteiger partial charge in [-0.15, -0.1) is 0 Å². The minimum atomic E-state index is -0.853. The molecular formula is C25H30F3N9O. The number of benzene rings is 1. The summed E-state index contributed by atoms with van der Waals surface area (Å²) in [7, 11) is 1.49. The summed E-state index contributed by atoms with van der Waals surface area (Å²) in [5.74, 6) is -1.06. The van der Waals surface area contributed by atoms with Crippen molar-refractivity contribution < 1.29 is 13.2 Å². The molecule has 1 saturated carbocycles. The van der Waals surface area contributed by atoms with Crippen LogP contribution in [0.2, 0.25) is 0 Å². The normalized spacial score (nSPS) is 24.8. The lowest BCUT2D eigenvalue weighted by Gasteiger charge is -2.47. The number of hydrogen-bond acceptors (Lipinski definition) is 8. The minimum Gasteiger partial charge on any atom is -0.365 e. The van der Waals surface area contributed by atoms with Gasteiger partial charge in [-0.05, 0) is 80.0 Å². The SMILES string of the molecule is Cn1nnn(-c2cc(Nc3ncc(F)c(N[C@H]4C[C@@H]5C[C@@H](F)CN5C(C)(C)C4)n3)c(F)cc2C2CC2)c1=O. The number of halogens is 3. The van der Waals surface area contributed by atoms with E-state index in [4.69, 9.17) is 0 Å². The van der Waals surface area contributed by atoms with E-state index < -0.39 is 23.5 Å². The highest BCUT2D eigenvalue weighted by Crippen LogP contribution is 2.44. The summed E-state index contributed by atoms with van der Waals surface area (Å²) in [5.41, 5.74) is 0.423. The lowest BCUT2D eigenvalue weighted by Crippen LogP contribution is -2.55. The maximum absolute atomic E-state index is 15.1. The van der Waals surface area contributed by atoms with Gasteiger partial charge in [-0.3, -0.25) is 4.90 Å². The van der Waals surface area contributed by atoms with Crippen LogP contribution in [-0.4, -0.2) is 65.0 Å². The van der Waals surface area contributed by atoms with Gasteiger partial charge in [0.2, 0.25) is 5.95 Å². The summed E-state index contributed by atoms with van der Waals surface area (Å²) < 4.78 is 46.2. The smallest absolute Gasteiger partial charge is 0.365 e. The summed E-state index contributed by atoms with van der Waals surface area (Å²) in [6.45, 7) is 4.57. The third-order valence-electron chi connectivity index (χ3n) is 7.86. The number of nitrogens with zero attached hydrogens (tertiary/aromatic N) is 7. The van der Waals surface area contributed by atoms with Crippen LogP contribution in [0.15, 0.2) is 23.1 Å². The molecule has 3 aromatic rings. The van der Waals surface area contributed by atoms with Crippen molar-refractivity contribution in [2.24, 2.45) is 7.05 Å². The molecule has 3 aliphatic rings. The first-order valence-corrected chi connectivity index (χ1v) is 12.9. The van der Waals surface area contributed by atoms with Crippen LogP contribution in [0, 0.1) is 11.6 Å². The van der Waals surface area contributed by atoms with Crippen LogP contribution in [0.1, 0.15) is 57.4 Å². The Kier molecular flexibility index (Phi) is 5.93. The van der Waals surface area contributed by atoms with Gasteiger partial charge in [0.1, 0.15) is 12.0 Å². The van der Waals surface area contributed by atoms with Crippen LogP contribution in [0.5, 0.6) is 0 Å². The molecule has 0 spiro atoms. The van der Waals surface area contributed by atoms with E-state index in [9.17, 15) is 13.6 Å². The Hall–Kier alpha value is -3.48. The molecular weight excluding hydrogens is 499 g/mol. The van der Waals surface area contributed by atoms with Crippen LogP contribution in [0.25, 0.3) is 5.69 Å². The molecule has 1 aliphatic carbocycles. The Balaban J connectivity index is 1.26. The summed E-state index contributed by atoms with van der Waals surface area (Å²) in [6, 6.07) is 2.83. The van der Waals surface area contributed by atoms with Gasteiger partial charge in [0.25, 0.3) is 0 Å². The fourth-order valence-electron chi connectivity index (χ4n) is 5.95. The molecule has 13 heteroatoms. The quantitative estimate of drug-likeness (QED) is 0.501. The van der Waals surface area contributed by atoms with Crippen molar-refractivity contribution in [3.05, 3.63) is 46.0 Å². The predicted octanol–water partition coefficient (Wildman–Crippen LogP) is 3.42. The van der Waals surface area contributed by atoms with Gasteiger partial charge in [0.05, 0.1) is 17.6 Å². The largest absolute Gasteiger partial charge is 0.368 e. The molecule has 2 N–H and O–H groups in total.